The van der Waals surface area contributed by atoms with E-state index in [1.165, 1.54) is 24.5 Å². The molecule has 3 heteroatoms. The Morgan fingerprint density at radius 2 is 1.25 bits per heavy atom. The average Bonchev–Trinajstić information content (AvgIpc) is 3.37. The molecule has 0 aromatic heterocycles. The molecule has 4 aliphatic carbocycles. The van der Waals surface area contributed by atoms with E-state index in [0.29, 0.717) is 47.8 Å². The highest BCUT2D eigenvalue weighted by Crippen LogP contribution is 2.47. The summed E-state index contributed by atoms with van der Waals surface area (Å²) in [6.45, 7) is 0. The second-order valence-electron chi connectivity index (χ2n) is 10.1. The van der Waals surface area contributed by atoms with Gasteiger partial charge in [0.25, 0.3) is 0 Å². The Hall–Kier alpha value is -2.81. The van der Waals surface area contributed by atoms with Crippen LogP contribution in [0.4, 0.5) is 0 Å². The Balaban J connectivity index is 1.26. The number of amidine groups is 1. The van der Waals surface area contributed by atoms with Crippen molar-refractivity contribution in [3.05, 3.63) is 97.0 Å². The summed E-state index contributed by atoms with van der Waals surface area (Å²) in [5.41, 5.74) is 0. The van der Waals surface area contributed by atoms with Gasteiger partial charge in [-0.05, 0) is 31.3 Å². The molecule has 0 radical (unpaired) electrons. The molecule has 0 aromatic carbocycles. The van der Waals surface area contributed by atoms with E-state index in [-0.39, 0.29) is 0 Å². The van der Waals surface area contributed by atoms with Crippen LogP contribution in [0.5, 0.6) is 0 Å². The summed E-state index contributed by atoms with van der Waals surface area (Å²) < 4.78 is 0. The summed E-state index contributed by atoms with van der Waals surface area (Å²) in [6.07, 6.45) is 39.7. The van der Waals surface area contributed by atoms with E-state index < -0.39 is 0 Å². The van der Waals surface area contributed by atoms with Crippen molar-refractivity contribution in [1.82, 2.24) is 9.80 Å². The predicted octanol–water partition coefficient (Wildman–Crippen LogP) is 5.32. The normalized spacial score (nSPS) is 42.5. The number of hydrogen-bond donors (Lipinski definition) is 0. The Labute approximate surface area is 191 Å². The first-order chi connectivity index (χ1) is 15.9. The van der Waals surface area contributed by atoms with Crippen LogP contribution in [0.25, 0.3) is 0 Å². The van der Waals surface area contributed by atoms with Crippen LogP contribution in [-0.4, -0.2) is 39.8 Å². The van der Waals surface area contributed by atoms with E-state index >= 15 is 0 Å². The Kier molecular flexibility index (Phi) is 4.31. The highest BCUT2D eigenvalue weighted by Gasteiger charge is 2.49. The Bertz CT molecular complexity index is 1030. The summed E-state index contributed by atoms with van der Waals surface area (Å²) in [5, 5.41) is 0. The summed E-state index contributed by atoms with van der Waals surface area (Å²) in [5.74, 6) is 4.86. The molecular formula is C29H31N3. The van der Waals surface area contributed by atoms with E-state index in [1.807, 2.05) is 0 Å². The lowest BCUT2D eigenvalue weighted by Crippen LogP contribution is -2.44. The topological polar surface area (TPSA) is 18.8 Å². The van der Waals surface area contributed by atoms with E-state index in [1.54, 1.807) is 0 Å². The number of allylic oxidation sites excluding steroid dienone is 8. The van der Waals surface area contributed by atoms with Gasteiger partial charge in [-0.3, -0.25) is 0 Å². The van der Waals surface area contributed by atoms with Crippen LogP contribution in [0.2, 0.25) is 0 Å². The molecule has 8 unspecified atom stereocenters. The molecule has 0 spiro atoms. The standard InChI is InChI=1S/C29H31N3/c1-5-14-24-20(10-1)21-11-2-6-15-25(21)31(24)28-18-9-19-29(30-28)32-26-16-7-3-12-22(26)23-13-4-8-17-27(23)32/h1-3,5-8,10-12,14-18,20-27H,4,9,13,19H2. The SMILES string of the molecule is C1=CC2C3C=CC=CC3N(C3=CCCC(N4C5C=CC=CC5C5CCC=CC54)=N3)C2C=C1. The first-order valence-corrected chi connectivity index (χ1v) is 12.5. The summed E-state index contributed by atoms with van der Waals surface area (Å²) in [7, 11) is 0. The lowest BCUT2D eigenvalue weighted by Gasteiger charge is -2.37. The van der Waals surface area contributed by atoms with Gasteiger partial charge in [0.1, 0.15) is 11.7 Å². The second-order valence-corrected chi connectivity index (χ2v) is 10.1. The molecule has 162 valence electrons. The van der Waals surface area contributed by atoms with Gasteiger partial charge in [-0.15, -0.1) is 0 Å². The van der Waals surface area contributed by atoms with E-state index in [4.69, 9.17) is 4.99 Å². The van der Waals surface area contributed by atoms with Gasteiger partial charge < -0.3 is 9.80 Å². The number of rotatable bonds is 1. The number of fused-ring (bicyclic) bond motifs is 6. The third-order valence-electron chi connectivity index (χ3n) is 8.60. The minimum atomic E-state index is 0.392. The molecule has 3 heterocycles. The largest absolute Gasteiger partial charge is 0.346 e. The van der Waals surface area contributed by atoms with Gasteiger partial charge in [-0.1, -0.05) is 85.1 Å². The number of aliphatic imine (C=N–C) groups is 1. The van der Waals surface area contributed by atoms with Crippen LogP contribution >= 0.6 is 0 Å². The average molecular weight is 422 g/mol. The molecule has 0 aromatic rings. The number of likely N-dealkylation sites (tertiary alicyclic amines) is 2. The highest BCUT2D eigenvalue weighted by atomic mass is 15.3. The zero-order chi connectivity index (χ0) is 21.1. The molecule has 8 atom stereocenters. The Morgan fingerprint density at radius 1 is 0.625 bits per heavy atom. The van der Waals surface area contributed by atoms with Crippen molar-refractivity contribution in [2.24, 2.45) is 28.7 Å². The molecular weight excluding hydrogens is 390 g/mol. The molecule has 32 heavy (non-hydrogen) atoms. The fourth-order valence-electron chi connectivity index (χ4n) is 7.30. The lowest BCUT2D eigenvalue weighted by molar-refractivity contribution is 0.291. The summed E-state index contributed by atoms with van der Waals surface area (Å²) in [4.78, 5) is 10.7. The highest BCUT2D eigenvalue weighted by molar-refractivity contribution is 5.86. The summed E-state index contributed by atoms with van der Waals surface area (Å²) in [6, 6.07) is 1.72. The molecule has 0 bridgehead atoms. The van der Waals surface area contributed by atoms with E-state index in [2.05, 4.69) is 101 Å². The van der Waals surface area contributed by atoms with Gasteiger partial charge in [0.15, 0.2) is 0 Å². The molecule has 7 aliphatic rings. The maximum atomic E-state index is 5.43. The third-order valence-corrected chi connectivity index (χ3v) is 8.60. The minimum absolute atomic E-state index is 0.392. The Morgan fingerprint density at radius 3 is 1.97 bits per heavy atom. The van der Waals surface area contributed by atoms with Crippen molar-refractivity contribution in [2.75, 3.05) is 0 Å². The maximum Gasteiger partial charge on any atom is 0.127 e. The van der Waals surface area contributed by atoms with Crippen molar-refractivity contribution in [3.63, 3.8) is 0 Å². The van der Waals surface area contributed by atoms with Gasteiger partial charge in [-0.2, -0.15) is 0 Å². The molecule has 0 amide bonds. The van der Waals surface area contributed by atoms with Crippen LogP contribution in [0.3, 0.4) is 0 Å². The van der Waals surface area contributed by atoms with Crippen LogP contribution in [-0.2, 0) is 0 Å². The predicted molar refractivity (Wildman–Crippen MR) is 131 cm³/mol. The van der Waals surface area contributed by atoms with E-state index in [9.17, 15) is 0 Å². The van der Waals surface area contributed by atoms with Crippen LogP contribution in [0, 0.1) is 23.7 Å². The van der Waals surface area contributed by atoms with Crippen molar-refractivity contribution in [3.8, 4) is 0 Å². The maximum absolute atomic E-state index is 5.43. The van der Waals surface area contributed by atoms with Gasteiger partial charge in [0.2, 0.25) is 0 Å². The van der Waals surface area contributed by atoms with E-state index in [0.717, 1.165) is 12.8 Å². The molecule has 3 aliphatic heterocycles. The molecule has 2 fully saturated rings. The molecule has 7 rings (SSSR count). The van der Waals surface area contributed by atoms with Crippen molar-refractivity contribution in [2.45, 2.75) is 49.9 Å². The third kappa shape index (κ3) is 2.69. The number of nitrogens with zero attached hydrogens (tertiary/aromatic N) is 3. The second kappa shape index (κ2) is 7.37. The van der Waals surface area contributed by atoms with Crippen molar-refractivity contribution < 1.29 is 0 Å². The van der Waals surface area contributed by atoms with Gasteiger partial charge in [0, 0.05) is 24.2 Å². The minimum Gasteiger partial charge on any atom is -0.346 e. The van der Waals surface area contributed by atoms with Gasteiger partial charge in [-0.25, -0.2) is 4.99 Å². The van der Waals surface area contributed by atoms with Crippen molar-refractivity contribution in [1.29, 1.82) is 0 Å². The first kappa shape index (κ1) is 18.7. The molecule has 0 saturated carbocycles. The van der Waals surface area contributed by atoms with Crippen LogP contribution < -0.4 is 0 Å². The van der Waals surface area contributed by atoms with Crippen LogP contribution in [0.1, 0.15) is 25.7 Å². The zero-order valence-corrected chi connectivity index (χ0v) is 18.4. The molecule has 0 N–H and O–H groups in total. The zero-order valence-electron chi connectivity index (χ0n) is 18.4. The van der Waals surface area contributed by atoms with Crippen LogP contribution in [0.15, 0.2) is 102 Å². The van der Waals surface area contributed by atoms with Gasteiger partial charge in [0.05, 0.1) is 24.2 Å². The smallest absolute Gasteiger partial charge is 0.127 e. The fraction of sp³-hybridized carbons (Fsp3) is 0.414. The monoisotopic (exact) mass is 421 g/mol. The quantitative estimate of drug-likeness (QED) is 0.534. The molecule has 3 nitrogen and oxygen atoms in total. The van der Waals surface area contributed by atoms with Crippen molar-refractivity contribution >= 4 is 5.84 Å². The fourth-order valence-corrected chi connectivity index (χ4v) is 7.30. The molecule has 2 saturated heterocycles. The number of hydrogen-bond acceptors (Lipinski definition) is 3. The summed E-state index contributed by atoms with van der Waals surface area (Å²) >= 11 is 0. The van der Waals surface area contributed by atoms with Gasteiger partial charge >= 0.3 is 0 Å². The lowest BCUT2D eigenvalue weighted by atomic mass is 9.80. The first-order valence-electron chi connectivity index (χ1n) is 12.5.